The van der Waals surface area contributed by atoms with E-state index in [0.29, 0.717) is 11.4 Å². The van der Waals surface area contributed by atoms with Gasteiger partial charge in [0.15, 0.2) is 11.6 Å². The Labute approximate surface area is 123 Å². The highest BCUT2D eigenvalue weighted by molar-refractivity contribution is 5.94. The number of imidazole rings is 1. The van der Waals surface area contributed by atoms with Crippen LogP contribution in [0.3, 0.4) is 0 Å². The summed E-state index contributed by atoms with van der Waals surface area (Å²) in [5.74, 6) is -0.179. The van der Waals surface area contributed by atoms with Gasteiger partial charge in [-0.2, -0.15) is 0 Å². The molecule has 0 aliphatic rings. The van der Waals surface area contributed by atoms with Crippen molar-refractivity contribution >= 4 is 11.8 Å². The molecule has 0 atom stereocenters. The van der Waals surface area contributed by atoms with Gasteiger partial charge in [0.25, 0.3) is 0 Å². The molecule has 5 heteroatoms. The predicted molar refractivity (Wildman–Crippen MR) is 79.6 cm³/mol. The maximum absolute atomic E-state index is 11.8. The van der Waals surface area contributed by atoms with E-state index in [4.69, 9.17) is 4.74 Å². The van der Waals surface area contributed by atoms with E-state index >= 15 is 0 Å². The van der Waals surface area contributed by atoms with Gasteiger partial charge in [0, 0.05) is 12.5 Å². The molecule has 0 aliphatic carbocycles. The van der Waals surface area contributed by atoms with Crippen LogP contribution in [0.15, 0.2) is 12.1 Å². The Morgan fingerprint density at radius 1 is 1.14 bits per heavy atom. The van der Waals surface area contributed by atoms with Gasteiger partial charge in [-0.3, -0.25) is 4.79 Å². The van der Waals surface area contributed by atoms with Gasteiger partial charge in [-0.05, 0) is 38.0 Å². The molecule has 1 heterocycles. The minimum atomic E-state index is -0.377. The molecule has 0 saturated carbocycles. The Kier molecular flexibility index (Phi) is 3.93. The number of carbonyl (C=O) groups excluding carboxylic acids is 2. The van der Waals surface area contributed by atoms with Crippen molar-refractivity contribution in [3.05, 3.63) is 40.3 Å². The second-order valence-electron chi connectivity index (χ2n) is 5.08. The fourth-order valence-corrected chi connectivity index (χ4v) is 2.34. The molecule has 21 heavy (non-hydrogen) atoms. The average molecular weight is 286 g/mol. The maximum Gasteiger partial charge on any atom is 0.338 e. The quantitative estimate of drug-likeness (QED) is 0.695. The molecule has 110 valence electrons. The number of ketones is 1. The molecule has 0 spiro atoms. The number of aryl methyl sites for hydroxylation is 3. The highest BCUT2D eigenvalue weighted by Gasteiger charge is 2.17. The van der Waals surface area contributed by atoms with Crippen LogP contribution in [0.1, 0.15) is 44.7 Å². The van der Waals surface area contributed by atoms with Crippen LogP contribution in [0.25, 0.3) is 11.3 Å². The second-order valence-corrected chi connectivity index (χ2v) is 5.08. The molecule has 0 saturated heterocycles. The molecule has 5 nitrogen and oxygen atoms in total. The van der Waals surface area contributed by atoms with Crippen LogP contribution in [-0.4, -0.2) is 28.8 Å². The first-order chi connectivity index (χ1) is 9.85. The maximum atomic E-state index is 11.8. The molecule has 0 radical (unpaired) electrons. The number of ether oxygens (including phenoxy) is 1. The monoisotopic (exact) mass is 286 g/mol. The van der Waals surface area contributed by atoms with Gasteiger partial charge in [-0.25, -0.2) is 9.78 Å². The van der Waals surface area contributed by atoms with Crippen molar-refractivity contribution in [2.45, 2.75) is 27.7 Å². The van der Waals surface area contributed by atoms with E-state index in [-0.39, 0.29) is 11.8 Å². The lowest BCUT2D eigenvalue weighted by Crippen LogP contribution is -2.05. The van der Waals surface area contributed by atoms with E-state index in [1.807, 2.05) is 26.8 Å². The van der Waals surface area contributed by atoms with Gasteiger partial charge in [0.1, 0.15) is 0 Å². The fraction of sp³-hybridized carbons (Fsp3) is 0.312. The third kappa shape index (κ3) is 2.72. The largest absolute Gasteiger partial charge is 0.465 e. The number of methoxy groups -OCH3 is 1. The van der Waals surface area contributed by atoms with Gasteiger partial charge >= 0.3 is 5.97 Å². The third-order valence-corrected chi connectivity index (χ3v) is 3.46. The smallest absolute Gasteiger partial charge is 0.338 e. The zero-order valence-corrected chi connectivity index (χ0v) is 12.8. The summed E-state index contributed by atoms with van der Waals surface area (Å²) in [4.78, 5) is 30.5. The predicted octanol–water partition coefficient (Wildman–Crippen LogP) is 2.99. The molecule has 0 unspecified atom stereocenters. The molecule has 1 N–H and O–H groups in total. The number of carbonyl (C=O) groups is 2. The number of hydrogen-bond donors (Lipinski definition) is 1. The molecule has 0 aliphatic heterocycles. The number of Topliss-reactive ketones (excluding diaryl/α,β-unsaturated/α-hetero) is 1. The summed E-state index contributed by atoms with van der Waals surface area (Å²) in [5, 5.41) is 0. The number of esters is 1. The van der Waals surface area contributed by atoms with E-state index in [9.17, 15) is 9.59 Å². The van der Waals surface area contributed by atoms with Gasteiger partial charge < -0.3 is 9.72 Å². The summed E-state index contributed by atoms with van der Waals surface area (Å²) in [7, 11) is 1.36. The number of nitrogens with one attached hydrogen (secondary N) is 1. The van der Waals surface area contributed by atoms with Crippen molar-refractivity contribution in [2.24, 2.45) is 0 Å². The van der Waals surface area contributed by atoms with E-state index in [1.54, 1.807) is 6.07 Å². The van der Waals surface area contributed by atoms with Gasteiger partial charge in [-0.1, -0.05) is 6.07 Å². The first-order valence-corrected chi connectivity index (χ1v) is 6.62. The molecule has 2 rings (SSSR count). The minimum Gasteiger partial charge on any atom is -0.465 e. The number of aromatic nitrogens is 2. The number of aromatic amines is 1. The van der Waals surface area contributed by atoms with Gasteiger partial charge in [0.05, 0.1) is 24.1 Å². The highest BCUT2D eigenvalue weighted by Crippen LogP contribution is 2.28. The Balaban J connectivity index is 2.63. The Morgan fingerprint density at radius 3 is 2.33 bits per heavy atom. The van der Waals surface area contributed by atoms with E-state index < -0.39 is 0 Å². The van der Waals surface area contributed by atoms with Crippen LogP contribution in [0.2, 0.25) is 0 Å². The van der Waals surface area contributed by atoms with Crippen LogP contribution in [-0.2, 0) is 4.74 Å². The van der Waals surface area contributed by atoms with Crippen molar-refractivity contribution in [3.8, 4) is 11.3 Å². The highest BCUT2D eigenvalue weighted by atomic mass is 16.5. The molecule has 0 bridgehead atoms. The van der Waals surface area contributed by atoms with Crippen molar-refractivity contribution in [3.63, 3.8) is 0 Å². The Morgan fingerprint density at radius 2 is 1.81 bits per heavy atom. The molecular weight excluding hydrogens is 268 g/mol. The van der Waals surface area contributed by atoms with E-state index in [2.05, 4.69) is 9.97 Å². The summed E-state index contributed by atoms with van der Waals surface area (Å²) in [6, 6.07) is 3.70. The topological polar surface area (TPSA) is 72.1 Å². The molecule has 2 aromatic rings. The number of H-pyrrole nitrogens is 1. The van der Waals surface area contributed by atoms with Crippen LogP contribution in [0, 0.1) is 20.8 Å². The Bertz CT molecular complexity index is 729. The third-order valence-electron chi connectivity index (χ3n) is 3.46. The molecule has 0 amide bonds. The van der Waals surface area contributed by atoms with Crippen molar-refractivity contribution < 1.29 is 14.3 Å². The summed E-state index contributed by atoms with van der Waals surface area (Å²) in [5.41, 5.74) is 4.69. The standard InChI is InChI=1S/C16H18N2O3/c1-8-6-9(2)13(16(20)21-5)7-12(8)14-10(3)17-15(18-14)11(4)19/h6-7H,1-5H3,(H,17,18). The van der Waals surface area contributed by atoms with Crippen molar-refractivity contribution in [1.29, 1.82) is 0 Å². The van der Waals surface area contributed by atoms with Crippen molar-refractivity contribution in [1.82, 2.24) is 9.97 Å². The first-order valence-electron chi connectivity index (χ1n) is 6.62. The van der Waals surface area contributed by atoms with Crippen LogP contribution in [0.5, 0.6) is 0 Å². The number of hydrogen-bond acceptors (Lipinski definition) is 4. The summed E-state index contributed by atoms with van der Waals surface area (Å²) >= 11 is 0. The fourth-order valence-electron chi connectivity index (χ4n) is 2.34. The first kappa shape index (κ1) is 15.0. The summed E-state index contributed by atoms with van der Waals surface area (Å²) in [6.45, 7) is 7.11. The average Bonchev–Trinajstić information content (AvgIpc) is 2.80. The molecular formula is C16H18N2O3. The SMILES string of the molecule is COC(=O)c1cc(-c2[nH]c(C(C)=O)nc2C)c(C)cc1C. The molecule has 0 fully saturated rings. The molecule has 1 aromatic heterocycles. The van der Waals surface area contributed by atoms with Gasteiger partial charge in [-0.15, -0.1) is 0 Å². The van der Waals surface area contributed by atoms with Crippen LogP contribution < -0.4 is 0 Å². The zero-order valence-electron chi connectivity index (χ0n) is 12.8. The lowest BCUT2D eigenvalue weighted by atomic mass is 9.97. The van der Waals surface area contributed by atoms with Gasteiger partial charge in [0.2, 0.25) is 0 Å². The van der Waals surface area contributed by atoms with Crippen molar-refractivity contribution in [2.75, 3.05) is 7.11 Å². The van der Waals surface area contributed by atoms with E-state index in [0.717, 1.165) is 28.1 Å². The zero-order chi connectivity index (χ0) is 15.7. The summed E-state index contributed by atoms with van der Waals surface area (Å²) < 4.78 is 4.80. The number of rotatable bonds is 3. The lowest BCUT2D eigenvalue weighted by molar-refractivity contribution is 0.0600. The minimum absolute atomic E-state index is 0.123. The second kappa shape index (κ2) is 5.52. The van der Waals surface area contributed by atoms with Crippen LogP contribution >= 0.6 is 0 Å². The number of nitrogens with zero attached hydrogens (tertiary/aromatic N) is 1. The number of benzene rings is 1. The molecule has 1 aromatic carbocycles. The summed E-state index contributed by atoms with van der Waals surface area (Å²) in [6.07, 6.45) is 0. The Hall–Kier alpha value is -2.43. The lowest BCUT2D eigenvalue weighted by Gasteiger charge is -2.10. The normalized spacial score (nSPS) is 10.5. The van der Waals surface area contributed by atoms with E-state index in [1.165, 1.54) is 14.0 Å². The van der Waals surface area contributed by atoms with Crippen LogP contribution in [0.4, 0.5) is 0 Å².